The number of hydrogen-bond acceptors (Lipinski definition) is 2. The molecule has 0 atom stereocenters. The molecule has 0 saturated heterocycles. The third kappa shape index (κ3) is 5.53. The van der Waals surface area contributed by atoms with E-state index in [1.807, 2.05) is 0 Å². The van der Waals surface area contributed by atoms with E-state index >= 15 is 0 Å². The lowest BCUT2D eigenvalue weighted by atomic mass is 9.94. The van der Waals surface area contributed by atoms with Gasteiger partial charge in [0.2, 0.25) is 0 Å². The van der Waals surface area contributed by atoms with E-state index in [9.17, 15) is 0 Å². The Morgan fingerprint density at radius 3 is 2.47 bits per heavy atom. The Morgan fingerprint density at radius 1 is 1.20 bits per heavy atom. The summed E-state index contributed by atoms with van der Waals surface area (Å²) in [7, 11) is 2.30. The van der Waals surface area contributed by atoms with Crippen molar-refractivity contribution in [3.05, 3.63) is 0 Å². The van der Waals surface area contributed by atoms with Crippen LogP contribution in [0.3, 0.4) is 0 Å². The molecule has 0 radical (unpaired) electrons. The molecule has 0 amide bonds. The fourth-order valence-corrected chi connectivity index (χ4v) is 2.42. The molecule has 2 heteroatoms. The number of hydrogen-bond donors (Lipinski definition) is 1. The van der Waals surface area contributed by atoms with Crippen LogP contribution in [0.5, 0.6) is 0 Å². The van der Waals surface area contributed by atoms with Crippen molar-refractivity contribution in [2.45, 2.75) is 64.5 Å². The fourth-order valence-electron chi connectivity index (χ4n) is 2.42. The lowest BCUT2D eigenvalue weighted by Crippen LogP contribution is -2.35. The van der Waals surface area contributed by atoms with Gasteiger partial charge in [0, 0.05) is 12.1 Å². The van der Waals surface area contributed by atoms with E-state index in [1.54, 1.807) is 0 Å². The van der Waals surface area contributed by atoms with E-state index < -0.39 is 0 Å². The molecule has 1 fully saturated rings. The zero-order valence-corrected chi connectivity index (χ0v) is 10.8. The summed E-state index contributed by atoms with van der Waals surface area (Å²) in [6.07, 6.45) is 8.48. The topological polar surface area (TPSA) is 15.3 Å². The summed E-state index contributed by atoms with van der Waals surface area (Å²) in [5.74, 6) is 0. The maximum atomic E-state index is 3.48. The van der Waals surface area contributed by atoms with Crippen LogP contribution < -0.4 is 5.32 Å². The Balaban J connectivity index is 2.04. The Bertz CT molecular complexity index is 151. The highest BCUT2D eigenvalue weighted by Gasteiger charge is 2.16. The van der Waals surface area contributed by atoms with Crippen LogP contribution in [0, 0.1) is 0 Å². The SMILES string of the molecule is CC(C)NCCCN(C)C1CCCCC1. The summed E-state index contributed by atoms with van der Waals surface area (Å²) in [5, 5.41) is 3.48. The molecule has 1 aliphatic rings. The maximum Gasteiger partial charge on any atom is 0.00922 e. The van der Waals surface area contributed by atoms with E-state index in [1.165, 1.54) is 45.1 Å². The molecule has 2 nitrogen and oxygen atoms in total. The summed E-state index contributed by atoms with van der Waals surface area (Å²) in [5.41, 5.74) is 0. The average molecular weight is 212 g/mol. The summed E-state index contributed by atoms with van der Waals surface area (Å²) in [6.45, 7) is 6.84. The predicted molar refractivity (Wildman–Crippen MR) is 67.3 cm³/mol. The first-order valence-electron chi connectivity index (χ1n) is 6.64. The van der Waals surface area contributed by atoms with Gasteiger partial charge in [0.25, 0.3) is 0 Å². The van der Waals surface area contributed by atoms with Crippen molar-refractivity contribution in [2.75, 3.05) is 20.1 Å². The van der Waals surface area contributed by atoms with Crippen molar-refractivity contribution in [1.29, 1.82) is 0 Å². The van der Waals surface area contributed by atoms with Gasteiger partial charge in [-0.15, -0.1) is 0 Å². The van der Waals surface area contributed by atoms with Crippen molar-refractivity contribution in [1.82, 2.24) is 10.2 Å². The molecule has 0 heterocycles. The van der Waals surface area contributed by atoms with Crippen LogP contribution in [0.25, 0.3) is 0 Å². The van der Waals surface area contributed by atoms with E-state index in [-0.39, 0.29) is 0 Å². The molecule has 0 bridgehead atoms. The predicted octanol–water partition coefficient (Wildman–Crippen LogP) is 2.64. The Morgan fingerprint density at radius 2 is 1.87 bits per heavy atom. The van der Waals surface area contributed by atoms with Crippen LogP contribution >= 0.6 is 0 Å². The van der Waals surface area contributed by atoms with Gasteiger partial charge < -0.3 is 10.2 Å². The monoisotopic (exact) mass is 212 g/mol. The Labute approximate surface area is 95.4 Å². The van der Waals surface area contributed by atoms with Crippen LogP contribution in [0.4, 0.5) is 0 Å². The molecular weight excluding hydrogens is 184 g/mol. The van der Waals surface area contributed by atoms with Crippen molar-refractivity contribution in [2.24, 2.45) is 0 Å². The minimum atomic E-state index is 0.630. The number of rotatable bonds is 6. The minimum Gasteiger partial charge on any atom is -0.314 e. The maximum absolute atomic E-state index is 3.48. The van der Waals surface area contributed by atoms with Gasteiger partial charge in [-0.1, -0.05) is 33.1 Å². The van der Waals surface area contributed by atoms with Gasteiger partial charge in [-0.2, -0.15) is 0 Å². The van der Waals surface area contributed by atoms with Crippen LogP contribution in [0.2, 0.25) is 0 Å². The molecule has 1 aliphatic carbocycles. The molecule has 90 valence electrons. The lowest BCUT2D eigenvalue weighted by Gasteiger charge is -2.31. The summed E-state index contributed by atoms with van der Waals surface area (Å²) in [6, 6.07) is 1.50. The molecule has 0 aromatic rings. The van der Waals surface area contributed by atoms with Gasteiger partial charge >= 0.3 is 0 Å². The summed E-state index contributed by atoms with van der Waals surface area (Å²) >= 11 is 0. The fraction of sp³-hybridized carbons (Fsp3) is 1.00. The highest BCUT2D eigenvalue weighted by atomic mass is 15.1. The first-order chi connectivity index (χ1) is 7.20. The van der Waals surface area contributed by atoms with Gasteiger partial charge in [-0.25, -0.2) is 0 Å². The molecule has 15 heavy (non-hydrogen) atoms. The second kappa shape index (κ2) is 7.24. The molecular formula is C13H28N2. The standard InChI is InChI=1S/C13H28N2/c1-12(2)14-10-7-11-15(3)13-8-5-4-6-9-13/h12-14H,4-11H2,1-3H3. The largest absolute Gasteiger partial charge is 0.314 e. The van der Waals surface area contributed by atoms with Gasteiger partial charge in [0.1, 0.15) is 0 Å². The van der Waals surface area contributed by atoms with Crippen LogP contribution in [0.15, 0.2) is 0 Å². The first-order valence-corrected chi connectivity index (χ1v) is 6.64. The quantitative estimate of drug-likeness (QED) is 0.681. The zero-order valence-electron chi connectivity index (χ0n) is 10.8. The van der Waals surface area contributed by atoms with Crippen LogP contribution in [-0.2, 0) is 0 Å². The normalized spacial score (nSPS) is 19.0. The zero-order chi connectivity index (χ0) is 11.1. The molecule has 0 aromatic heterocycles. The third-order valence-corrected chi connectivity index (χ3v) is 3.44. The van der Waals surface area contributed by atoms with Gasteiger partial charge in [-0.3, -0.25) is 0 Å². The van der Waals surface area contributed by atoms with Gasteiger partial charge in [0.05, 0.1) is 0 Å². The smallest absolute Gasteiger partial charge is 0.00922 e. The number of nitrogens with zero attached hydrogens (tertiary/aromatic N) is 1. The van der Waals surface area contributed by atoms with Crippen LogP contribution in [-0.4, -0.2) is 37.1 Å². The van der Waals surface area contributed by atoms with Crippen molar-refractivity contribution in [3.8, 4) is 0 Å². The second-order valence-electron chi connectivity index (χ2n) is 5.23. The molecule has 1 rings (SSSR count). The molecule has 0 unspecified atom stereocenters. The molecule has 1 N–H and O–H groups in total. The van der Waals surface area contributed by atoms with E-state index in [4.69, 9.17) is 0 Å². The van der Waals surface area contributed by atoms with Gasteiger partial charge in [-0.05, 0) is 39.4 Å². The van der Waals surface area contributed by atoms with Crippen molar-refractivity contribution in [3.63, 3.8) is 0 Å². The van der Waals surface area contributed by atoms with Crippen LogP contribution in [0.1, 0.15) is 52.4 Å². The first kappa shape index (κ1) is 13.0. The molecule has 0 aliphatic heterocycles. The average Bonchev–Trinajstić information content (AvgIpc) is 2.25. The Hall–Kier alpha value is -0.0800. The van der Waals surface area contributed by atoms with Gasteiger partial charge in [0.15, 0.2) is 0 Å². The minimum absolute atomic E-state index is 0.630. The van der Waals surface area contributed by atoms with Crippen molar-refractivity contribution >= 4 is 0 Å². The van der Waals surface area contributed by atoms with E-state index in [0.717, 1.165) is 12.6 Å². The van der Waals surface area contributed by atoms with Crippen molar-refractivity contribution < 1.29 is 0 Å². The highest BCUT2D eigenvalue weighted by molar-refractivity contribution is 4.73. The summed E-state index contributed by atoms with van der Waals surface area (Å²) in [4.78, 5) is 2.57. The molecule has 1 saturated carbocycles. The highest BCUT2D eigenvalue weighted by Crippen LogP contribution is 2.21. The number of nitrogens with one attached hydrogen (secondary N) is 1. The third-order valence-electron chi connectivity index (χ3n) is 3.44. The van der Waals surface area contributed by atoms with E-state index in [2.05, 4.69) is 31.1 Å². The van der Waals surface area contributed by atoms with E-state index in [0.29, 0.717) is 6.04 Å². The lowest BCUT2D eigenvalue weighted by molar-refractivity contribution is 0.189. The molecule has 0 aromatic carbocycles. The molecule has 0 spiro atoms. The Kier molecular flexibility index (Phi) is 6.26. The second-order valence-corrected chi connectivity index (χ2v) is 5.23. The summed E-state index contributed by atoms with van der Waals surface area (Å²) < 4.78 is 0.